The van der Waals surface area contributed by atoms with Crippen LogP contribution in [-0.4, -0.2) is 36.4 Å². The SMILES string of the molecule is CC(C)NC1CNCC1O. The molecular formula is C7H16N2O. The van der Waals surface area contributed by atoms with Crippen molar-refractivity contribution in [2.75, 3.05) is 13.1 Å². The van der Waals surface area contributed by atoms with Crippen molar-refractivity contribution in [3.8, 4) is 0 Å². The summed E-state index contributed by atoms with van der Waals surface area (Å²) in [6, 6.07) is 0.708. The summed E-state index contributed by atoms with van der Waals surface area (Å²) in [6.45, 7) is 5.79. The second-order valence-corrected chi connectivity index (χ2v) is 3.15. The predicted molar refractivity (Wildman–Crippen MR) is 40.9 cm³/mol. The Bertz CT molecular complexity index is 106. The van der Waals surface area contributed by atoms with Gasteiger partial charge in [0.15, 0.2) is 0 Å². The first-order valence-corrected chi connectivity index (χ1v) is 3.85. The monoisotopic (exact) mass is 144 g/mol. The van der Waals surface area contributed by atoms with Gasteiger partial charge in [0.25, 0.3) is 0 Å². The molecule has 10 heavy (non-hydrogen) atoms. The first-order chi connectivity index (χ1) is 4.70. The largest absolute Gasteiger partial charge is 0.390 e. The molecule has 0 aromatic carbocycles. The molecule has 60 valence electrons. The van der Waals surface area contributed by atoms with E-state index in [-0.39, 0.29) is 12.1 Å². The molecule has 0 aliphatic carbocycles. The van der Waals surface area contributed by atoms with Crippen LogP contribution >= 0.6 is 0 Å². The topological polar surface area (TPSA) is 44.3 Å². The Morgan fingerprint density at radius 3 is 2.60 bits per heavy atom. The van der Waals surface area contributed by atoms with Gasteiger partial charge in [-0.15, -0.1) is 0 Å². The highest BCUT2D eigenvalue weighted by Crippen LogP contribution is 1.99. The number of hydrogen-bond donors (Lipinski definition) is 3. The van der Waals surface area contributed by atoms with Gasteiger partial charge in [0.05, 0.1) is 6.10 Å². The Morgan fingerprint density at radius 2 is 2.20 bits per heavy atom. The molecule has 1 aliphatic rings. The summed E-state index contributed by atoms with van der Waals surface area (Å²) < 4.78 is 0. The molecule has 0 aromatic rings. The molecule has 0 saturated carbocycles. The Labute approximate surface area is 61.8 Å². The van der Waals surface area contributed by atoms with Crippen LogP contribution in [0.25, 0.3) is 0 Å². The van der Waals surface area contributed by atoms with Crippen molar-refractivity contribution >= 4 is 0 Å². The smallest absolute Gasteiger partial charge is 0.0829 e. The lowest BCUT2D eigenvalue weighted by Gasteiger charge is -2.17. The summed E-state index contributed by atoms with van der Waals surface area (Å²) in [5.41, 5.74) is 0. The summed E-state index contributed by atoms with van der Waals surface area (Å²) in [7, 11) is 0. The molecule has 1 aliphatic heterocycles. The highest BCUT2D eigenvalue weighted by molar-refractivity contribution is 4.86. The van der Waals surface area contributed by atoms with Gasteiger partial charge in [-0.05, 0) is 0 Å². The van der Waals surface area contributed by atoms with Gasteiger partial charge < -0.3 is 15.7 Å². The van der Waals surface area contributed by atoms with Gasteiger partial charge in [0.1, 0.15) is 0 Å². The predicted octanol–water partition coefficient (Wildman–Crippen LogP) is -0.683. The number of β-amino-alcohol motifs (C(OH)–C–C–N with tert-alkyl or cyclic N) is 1. The summed E-state index contributed by atoms with van der Waals surface area (Å²) in [5, 5.41) is 15.7. The molecule has 0 aromatic heterocycles. The molecular weight excluding hydrogens is 128 g/mol. The first kappa shape index (κ1) is 7.98. The van der Waals surface area contributed by atoms with Crippen molar-refractivity contribution in [2.45, 2.75) is 32.0 Å². The van der Waals surface area contributed by atoms with Gasteiger partial charge >= 0.3 is 0 Å². The normalized spacial score (nSPS) is 33.6. The zero-order valence-corrected chi connectivity index (χ0v) is 6.59. The fourth-order valence-corrected chi connectivity index (χ4v) is 1.26. The summed E-state index contributed by atoms with van der Waals surface area (Å²) in [5.74, 6) is 0. The Hall–Kier alpha value is -0.120. The van der Waals surface area contributed by atoms with E-state index in [1.807, 2.05) is 0 Å². The van der Waals surface area contributed by atoms with E-state index in [1.165, 1.54) is 0 Å². The number of rotatable bonds is 2. The molecule has 0 spiro atoms. The molecule has 1 heterocycles. The molecule has 1 rings (SSSR count). The van der Waals surface area contributed by atoms with Crippen molar-refractivity contribution in [2.24, 2.45) is 0 Å². The first-order valence-electron chi connectivity index (χ1n) is 3.85. The summed E-state index contributed by atoms with van der Waals surface area (Å²) >= 11 is 0. The molecule has 1 fully saturated rings. The van der Waals surface area contributed by atoms with Crippen LogP contribution in [0.2, 0.25) is 0 Å². The number of aliphatic hydroxyl groups is 1. The van der Waals surface area contributed by atoms with E-state index >= 15 is 0 Å². The minimum Gasteiger partial charge on any atom is -0.390 e. The number of nitrogens with one attached hydrogen (secondary N) is 2. The van der Waals surface area contributed by atoms with Gasteiger partial charge in [-0.1, -0.05) is 13.8 Å². The van der Waals surface area contributed by atoms with Crippen molar-refractivity contribution in [1.82, 2.24) is 10.6 Å². The molecule has 3 N–H and O–H groups in total. The molecule has 1 saturated heterocycles. The van der Waals surface area contributed by atoms with Crippen LogP contribution < -0.4 is 10.6 Å². The van der Waals surface area contributed by atoms with Gasteiger partial charge in [-0.3, -0.25) is 0 Å². The van der Waals surface area contributed by atoms with Crippen LogP contribution in [0.15, 0.2) is 0 Å². The second-order valence-electron chi connectivity index (χ2n) is 3.15. The lowest BCUT2D eigenvalue weighted by molar-refractivity contribution is 0.159. The Balaban J connectivity index is 2.26. The average Bonchev–Trinajstić information content (AvgIpc) is 2.15. The van der Waals surface area contributed by atoms with Crippen molar-refractivity contribution in [3.63, 3.8) is 0 Å². The van der Waals surface area contributed by atoms with Gasteiger partial charge in [-0.2, -0.15) is 0 Å². The maximum atomic E-state index is 9.31. The summed E-state index contributed by atoms with van der Waals surface area (Å²) in [6.07, 6.45) is -0.206. The number of hydrogen-bond acceptors (Lipinski definition) is 3. The van der Waals surface area contributed by atoms with E-state index in [2.05, 4.69) is 24.5 Å². The van der Waals surface area contributed by atoms with Gasteiger partial charge in [-0.25, -0.2) is 0 Å². The van der Waals surface area contributed by atoms with Crippen LogP contribution in [-0.2, 0) is 0 Å². The molecule has 3 nitrogen and oxygen atoms in total. The Morgan fingerprint density at radius 1 is 1.50 bits per heavy atom. The molecule has 3 heteroatoms. The van der Waals surface area contributed by atoms with Gasteiger partial charge in [0, 0.05) is 25.2 Å². The van der Waals surface area contributed by atoms with Crippen molar-refractivity contribution in [3.05, 3.63) is 0 Å². The fraction of sp³-hybridized carbons (Fsp3) is 1.00. The average molecular weight is 144 g/mol. The van der Waals surface area contributed by atoms with Crippen LogP contribution in [0.1, 0.15) is 13.8 Å². The minimum absolute atomic E-state index is 0.206. The Kier molecular flexibility index (Phi) is 2.65. The van der Waals surface area contributed by atoms with Crippen LogP contribution in [0.4, 0.5) is 0 Å². The zero-order chi connectivity index (χ0) is 7.56. The van der Waals surface area contributed by atoms with E-state index in [9.17, 15) is 5.11 Å². The summed E-state index contributed by atoms with van der Waals surface area (Å²) in [4.78, 5) is 0. The third-order valence-electron chi connectivity index (χ3n) is 1.73. The molecule has 0 radical (unpaired) electrons. The second kappa shape index (κ2) is 3.32. The maximum Gasteiger partial charge on any atom is 0.0829 e. The number of aliphatic hydroxyl groups excluding tert-OH is 1. The van der Waals surface area contributed by atoms with Crippen molar-refractivity contribution in [1.29, 1.82) is 0 Å². The van der Waals surface area contributed by atoms with E-state index in [0.29, 0.717) is 6.04 Å². The molecule has 0 amide bonds. The minimum atomic E-state index is -0.206. The third kappa shape index (κ3) is 1.94. The van der Waals surface area contributed by atoms with E-state index in [4.69, 9.17) is 0 Å². The van der Waals surface area contributed by atoms with E-state index in [0.717, 1.165) is 13.1 Å². The molecule has 0 bridgehead atoms. The quantitative estimate of drug-likeness (QED) is 0.481. The van der Waals surface area contributed by atoms with E-state index < -0.39 is 0 Å². The zero-order valence-electron chi connectivity index (χ0n) is 6.59. The van der Waals surface area contributed by atoms with E-state index in [1.54, 1.807) is 0 Å². The van der Waals surface area contributed by atoms with Crippen LogP contribution in [0, 0.1) is 0 Å². The van der Waals surface area contributed by atoms with Crippen LogP contribution in [0.3, 0.4) is 0 Å². The standard InChI is InChI=1S/C7H16N2O/c1-5(2)9-6-3-8-4-7(6)10/h5-10H,3-4H2,1-2H3. The highest BCUT2D eigenvalue weighted by Gasteiger charge is 2.24. The molecule has 2 atom stereocenters. The maximum absolute atomic E-state index is 9.31. The molecule has 2 unspecified atom stereocenters. The highest BCUT2D eigenvalue weighted by atomic mass is 16.3. The fourth-order valence-electron chi connectivity index (χ4n) is 1.26. The lowest BCUT2D eigenvalue weighted by atomic mass is 10.2. The van der Waals surface area contributed by atoms with Crippen LogP contribution in [0.5, 0.6) is 0 Å². The van der Waals surface area contributed by atoms with Crippen molar-refractivity contribution < 1.29 is 5.11 Å². The third-order valence-corrected chi connectivity index (χ3v) is 1.73. The van der Waals surface area contributed by atoms with Gasteiger partial charge in [0.2, 0.25) is 0 Å². The lowest BCUT2D eigenvalue weighted by Crippen LogP contribution is -2.42.